The number of fused-ring (bicyclic) bond motifs is 4. The Balaban J connectivity index is 1.44. The van der Waals surface area contributed by atoms with Crippen LogP contribution in [0.2, 0.25) is 0 Å². The first kappa shape index (κ1) is 28.3. The molecule has 0 radical (unpaired) electrons. The molecule has 8 rings (SSSR count). The third-order valence-corrected chi connectivity index (χ3v) is 9.90. The van der Waals surface area contributed by atoms with Gasteiger partial charge in [0.1, 0.15) is 4.90 Å². The van der Waals surface area contributed by atoms with Crippen LogP contribution in [0.4, 0.5) is 19.4 Å². The molecule has 0 fully saturated rings. The van der Waals surface area contributed by atoms with Gasteiger partial charge in [0.2, 0.25) is 0 Å². The van der Waals surface area contributed by atoms with Gasteiger partial charge in [0.15, 0.2) is 0 Å². The van der Waals surface area contributed by atoms with Crippen molar-refractivity contribution in [3.8, 4) is 33.4 Å². The maximum Gasteiger partial charge on any atom is 0.310 e. The van der Waals surface area contributed by atoms with Crippen molar-refractivity contribution < 1.29 is 19.4 Å². The van der Waals surface area contributed by atoms with Crippen molar-refractivity contribution in [2.24, 2.45) is 0 Å². The molecule has 0 aromatic heterocycles. The summed E-state index contributed by atoms with van der Waals surface area (Å²) >= 11 is 0. The summed E-state index contributed by atoms with van der Waals surface area (Å²) in [6.07, 6.45) is 0. The first-order chi connectivity index (χ1) is 21.9. The van der Waals surface area contributed by atoms with Gasteiger partial charge in [-0.1, -0.05) is 141 Å². The second-order valence-electron chi connectivity index (χ2n) is 11.7. The molecule has 0 aliphatic heterocycles. The summed E-state index contributed by atoms with van der Waals surface area (Å²) in [5.41, 5.74) is 5.12. The van der Waals surface area contributed by atoms with Crippen LogP contribution in [0.3, 0.4) is 0 Å². The topological polar surface area (TPSA) is 0 Å². The molecular weight excluding hydrogens is 607 g/mol. The minimum Gasteiger partial charge on any atom is -0.0936 e. The Kier molecular flexibility index (Phi) is 5.79. The minimum atomic E-state index is -9.79. The van der Waals surface area contributed by atoms with Crippen molar-refractivity contribution in [3.63, 3.8) is 0 Å². The molecule has 0 saturated heterocycles. The summed E-state index contributed by atoms with van der Waals surface area (Å²) < 4.78 is 67.5. The molecule has 0 unspecified atom stereocenters. The van der Waals surface area contributed by atoms with Gasteiger partial charge in [-0.25, -0.2) is 0 Å². The summed E-state index contributed by atoms with van der Waals surface area (Å²) in [5.74, 6) is 0. The Morgan fingerprint density at radius 3 is 1.24 bits per heavy atom. The molecular formula is C40H25F5S. The van der Waals surface area contributed by atoms with Crippen molar-refractivity contribution in [3.05, 3.63) is 152 Å². The molecule has 0 amide bonds. The van der Waals surface area contributed by atoms with Crippen LogP contribution in [-0.2, 0) is 0 Å². The third-order valence-electron chi connectivity index (χ3n) is 8.73. The summed E-state index contributed by atoms with van der Waals surface area (Å²) in [6.45, 7) is 0. The summed E-state index contributed by atoms with van der Waals surface area (Å²) in [7, 11) is -9.79. The molecule has 0 heterocycles. The fourth-order valence-corrected chi connectivity index (χ4v) is 7.22. The van der Waals surface area contributed by atoms with Crippen molar-refractivity contribution in [2.45, 2.75) is 4.90 Å². The highest BCUT2D eigenvalue weighted by Crippen LogP contribution is 3.02. The van der Waals surface area contributed by atoms with Gasteiger partial charge in [0.05, 0.1) is 0 Å². The Bertz CT molecular complexity index is 2500. The van der Waals surface area contributed by atoms with Gasteiger partial charge in [-0.05, 0) is 107 Å². The van der Waals surface area contributed by atoms with Crippen molar-refractivity contribution in [2.75, 3.05) is 0 Å². The van der Waals surface area contributed by atoms with E-state index in [1.54, 1.807) is 0 Å². The Hall–Kier alpha value is -5.20. The van der Waals surface area contributed by atoms with E-state index in [0.29, 0.717) is 23.3 Å². The van der Waals surface area contributed by atoms with Crippen molar-refractivity contribution in [1.82, 2.24) is 0 Å². The van der Waals surface area contributed by atoms with Gasteiger partial charge in [-0.3, -0.25) is 0 Å². The van der Waals surface area contributed by atoms with Gasteiger partial charge >= 0.3 is 10.2 Å². The molecule has 0 N–H and O–H groups in total. The van der Waals surface area contributed by atoms with Crippen LogP contribution in [0, 0.1) is 0 Å². The molecule has 0 bridgehead atoms. The van der Waals surface area contributed by atoms with Gasteiger partial charge in [0, 0.05) is 0 Å². The molecule has 0 spiro atoms. The fraction of sp³-hybridized carbons (Fsp3) is 0. The highest BCUT2D eigenvalue weighted by Gasteiger charge is 2.65. The molecule has 0 atom stereocenters. The quantitative estimate of drug-likeness (QED) is 0.134. The van der Waals surface area contributed by atoms with E-state index < -0.39 is 15.1 Å². The Morgan fingerprint density at radius 2 is 0.717 bits per heavy atom. The summed E-state index contributed by atoms with van der Waals surface area (Å²) in [5, 5.41) is 8.41. The SMILES string of the molecule is FS(F)(F)(F)(F)c1ccc(-c2ccc3c(-c4ccc5ccccc5c4)c4ccccc4c(-c4ccc5ccccc5c4)c3c2)cc1. The predicted octanol–water partition coefficient (Wildman–Crippen LogP) is 14.0. The van der Waals surface area contributed by atoms with Gasteiger partial charge in [-0.15, -0.1) is 0 Å². The van der Waals surface area contributed by atoms with Crippen LogP contribution in [0.15, 0.2) is 157 Å². The fourth-order valence-electron chi connectivity index (χ4n) is 6.57. The van der Waals surface area contributed by atoms with Crippen molar-refractivity contribution in [1.29, 1.82) is 0 Å². The van der Waals surface area contributed by atoms with E-state index in [0.717, 1.165) is 77.5 Å². The maximum absolute atomic E-state index is 13.5. The molecule has 0 nitrogen and oxygen atoms in total. The monoisotopic (exact) mass is 632 g/mol. The third kappa shape index (κ3) is 4.86. The van der Waals surface area contributed by atoms with Gasteiger partial charge < -0.3 is 0 Å². The average molecular weight is 633 g/mol. The van der Waals surface area contributed by atoms with Crippen LogP contribution < -0.4 is 0 Å². The lowest BCUT2D eigenvalue weighted by atomic mass is 9.84. The zero-order valence-corrected chi connectivity index (χ0v) is 25.0. The van der Waals surface area contributed by atoms with E-state index in [2.05, 4.69) is 72.8 Å². The number of halogens is 5. The summed E-state index contributed by atoms with van der Waals surface area (Å²) in [6, 6.07) is 46.3. The van der Waals surface area contributed by atoms with E-state index >= 15 is 0 Å². The van der Waals surface area contributed by atoms with Gasteiger partial charge in [-0.2, -0.15) is 0 Å². The number of hydrogen-bond donors (Lipinski definition) is 0. The molecule has 6 heteroatoms. The van der Waals surface area contributed by atoms with E-state index in [-0.39, 0.29) is 0 Å². The van der Waals surface area contributed by atoms with E-state index in [4.69, 9.17) is 0 Å². The van der Waals surface area contributed by atoms with Crippen LogP contribution in [0.25, 0.3) is 76.5 Å². The lowest BCUT2D eigenvalue weighted by Gasteiger charge is -2.40. The van der Waals surface area contributed by atoms with Crippen molar-refractivity contribution >= 4 is 53.3 Å². The Morgan fingerprint density at radius 1 is 0.304 bits per heavy atom. The average Bonchev–Trinajstić information content (AvgIpc) is 3.05. The van der Waals surface area contributed by atoms with E-state index in [1.165, 1.54) is 0 Å². The number of hydrogen-bond acceptors (Lipinski definition) is 0. The largest absolute Gasteiger partial charge is 0.310 e. The molecule has 0 aliphatic carbocycles. The predicted molar refractivity (Wildman–Crippen MR) is 184 cm³/mol. The first-order valence-electron chi connectivity index (χ1n) is 14.7. The molecule has 0 saturated carbocycles. The number of rotatable bonds is 4. The molecule has 8 aromatic carbocycles. The molecule has 46 heavy (non-hydrogen) atoms. The normalized spacial score (nSPS) is 13.7. The molecule has 8 aromatic rings. The zero-order chi connectivity index (χ0) is 31.7. The maximum atomic E-state index is 13.5. The smallest absolute Gasteiger partial charge is 0.0936 e. The molecule has 0 aliphatic rings. The first-order valence-corrected chi connectivity index (χ1v) is 16.7. The van der Waals surface area contributed by atoms with Gasteiger partial charge in [0.25, 0.3) is 0 Å². The highest BCUT2D eigenvalue weighted by molar-refractivity contribution is 8.45. The summed E-state index contributed by atoms with van der Waals surface area (Å²) in [4.78, 5) is -1.90. The highest BCUT2D eigenvalue weighted by atomic mass is 32.5. The molecule has 226 valence electrons. The second kappa shape index (κ2) is 9.41. The Labute approximate surface area is 262 Å². The van der Waals surface area contributed by atoms with Crippen LogP contribution in [0.1, 0.15) is 0 Å². The minimum absolute atomic E-state index is 0.414. The second-order valence-corrected chi connectivity index (χ2v) is 14.1. The number of benzene rings is 8. The lowest BCUT2D eigenvalue weighted by Crippen LogP contribution is -2.05. The van der Waals surface area contributed by atoms with Crippen LogP contribution in [0.5, 0.6) is 0 Å². The zero-order valence-electron chi connectivity index (χ0n) is 24.2. The van der Waals surface area contributed by atoms with E-state index in [9.17, 15) is 19.4 Å². The van der Waals surface area contributed by atoms with Crippen LogP contribution in [-0.4, -0.2) is 0 Å². The van der Waals surface area contributed by atoms with E-state index in [1.807, 2.05) is 54.6 Å². The standard InChI is InChI=1S/C40H25F5S/c41-46(42,43,44,45)34-20-17-28(18-21-34)31-19-22-37-38(25-31)40(33-16-14-27-8-2-4-10-30(27)24-33)36-12-6-5-11-35(36)39(37)32-15-13-26-7-1-3-9-29(26)23-32/h1-25H. The lowest BCUT2D eigenvalue weighted by molar-refractivity contribution is 0.364. The van der Waals surface area contributed by atoms with Crippen LogP contribution >= 0.6 is 10.2 Å².